The Morgan fingerprint density at radius 2 is 2.04 bits per heavy atom. The number of fused-ring (bicyclic) bond motifs is 1. The Labute approximate surface area is 150 Å². The van der Waals surface area contributed by atoms with Gasteiger partial charge in [0.15, 0.2) is 0 Å². The fraction of sp³-hybridized carbons (Fsp3) is 0.611. The van der Waals surface area contributed by atoms with Crippen LogP contribution in [0.5, 0.6) is 0 Å². The van der Waals surface area contributed by atoms with Gasteiger partial charge in [-0.2, -0.15) is 0 Å². The van der Waals surface area contributed by atoms with Crippen LogP contribution in [0.3, 0.4) is 0 Å². The zero-order valence-corrected chi connectivity index (χ0v) is 15.5. The number of anilines is 1. The van der Waals surface area contributed by atoms with Gasteiger partial charge in [0.25, 0.3) is 0 Å². The number of rotatable bonds is 6. The predicted molar refractivity (Wildman–Crippen MR) is 98.5 cm³/mol. The lowest BCUT2D eigenvalue weighted by molar-refractivity contribution is -0.128. The molecule has 1 aliphatic heterocycles. The van der Waals surface area contributed by atoms with Crippen molar-refractivity contribution in [1.29, 1.82) is 0 Å². The van der Waals surface area contributed by atoms with E-state index >= 15 is 0 Å². The van der Waals surface area contributed by atoms with Crippen molar-refractivity contribution in [1.82, 2.24) is 20.1 Å². The molecular formula is C18H29N5O2. The van der Waals surface area contributed by atoms with Crippen molar-refractivity contribution < 1.29 is 9.59 Å². The molecule has 3 amide bonds. The van der Waals surface area contributed by atoms with Crippen LogP contribution in [0.2, 0.25) is 0 Å². The Kier molecular flexibility index (Phi) is 7.03. The van der Waals surface area contributed by atoms with Crippen molar-refractivity contribution in [2.24, 2.45) is 0 Å². The monoisotopic (exact) mass is 347 g/mol. The highest BCUT2D eigenvalue weighted by Crippen LogP contribution is 2.20. The van der Waals surface area contributed by atoms with Crippen LogP contribution in [0, 0.1) is 0 Å². The lowest BCUT2D eigenvalue weighted by Crippen LogP contribution is -2.41. The fourth-order valence-electron chi connectivity index (χ4n) is 2.84. The van der Waals surface area contributed by atoms with Crippen LogP contribution in [-0.2, 0) is 11.3 Å². The molecule has 0 aliphatic carbocycles. The highest BCUT2D eigenvalue weighted by Gasteiger charge is 2.21. The Balaban J connectivity index is 1.72. The Hall–Kier alpha value is -2.31. The topological polar surface area (TPSA) is 68.8 Å². The van der Waals surface area contributed by atoms with Gasteiger partial charge in [0.05, 0.1) is 6.54 Å². The first kappa shape index (κ1) is 19.0. The van der Waals surface area contributed by atoms with Crippen molar-refractivity contribution in [3.63, 3.8) is 0 Å². The first-order valence-electron chi connectivity index (χ1n) is 8.87. The molecule has 1 aliphatic rings. The first-order chi connectivity index (χ1) is 12.0. The van der Waals surface area contributed by atoms with Crippen LogP contribution in [0.1, 0.15) is 31.2 Å². The molecule has 0 aromatic carbocycles. The van der Waals surface area contributed by atoms with E-state index in [9.17, 15) is 9.59 Å². The van der Waals surface area contributed by atoms with E-state index in [0.29, 0.717) is 26.1 Å². The van der Waals surface area contributed by atoms with E-state index in [4.69, 9.17) is 0 Å². The molecule has 0 unspecified atom stereocenters. The molecule has 0 fully saturated rings. The van der Waals surface area contributed by atoms with Gasteiger partial charge in [0, 0.05) is 59.0 Å². The summed E-state index contributed by atoms with van der Waals surface area (Å²) in [4.78, 5) is 33.9. The maximum atomic E-state index is 12.4. The first-order valence-corrected chi connectivity index (χ1v) is 8.87. The molecule has 0 radical (unpaired) electrons. The highest BCUT2D eigenvalue weighted by molar-refractivity contribution is 5.75. The molecule has 1 aromatic heterocycles. The number of carbonyl (C=O) groups is 2. The standard InChI is InChI=1S/C18H29N5O2/c1-21(2)16(24)9-5-4-6-10-20-18(25)23-13-12-22(3)17-15(14-23)8-7-11-19-17/h7-8,11H,4-6,9-10,12-14H2,1-3H3,(H,20,25). The molecule has 7 nitrogen and oxygen atoms in total. The second-order valence-corrected chi connectivity index (χ2v) is 6.66. The number of aromatic nitrogens is 1. The van der Waals surface area contributed by atoms with Gasteiger partial charge in [-0.15, -0.1) is 0 Å². The minimum atomic E-state index is -0.0329. The smallest absolute Gasteiger partial charge is 0.317 e. The van der Waals surface area contributed by atoms with Crippen molar-refractivity contribution in [3.05, 3.63) is 23.9 Å². The third kappa shape index (κ3) is 5.62. The molecular weight excluding hydrogens is 318 g/mol. The van der Waals surface area contributed by atoms with Gasteiger partial charge in [-0.05, 0) is 18.9 Å². The quantitative estimate of drug-likeness (QED) is 0.795. The third-order valence-electron chi connectivity index (χ3n) is 4.43. The van der Waals surface area contributed by atoms with Gasteiger partial charge in [0.1, 0.15) is 5.82 Å². The summed E-state index contributed by atoms with van der Waals surface area (Å²) >= 11 is 0. The molecule has 138 valence electrons. The van der Waals surface area contributed by atoms with Crippen LogP contribution in [0.4, 0.5) is 10.6 Å². The van der Waals surface area contributed by atoms with Gasteiger partial charge >= 0.3 is 6.03 Å². The number of carbonyl (C=O) groups excluding carboxylic acids is 2. The number of nitrogens with one attached hydrogen (secondary N) is 1. The molecule has 0 saturated heterocycles. The van der Waals surface area contributed by atoms with Gasteiger partial charge in [-0.1, -0.05) is 12.5 Å². The zero-order chi connectivity index (χ0) is 18.2. The maximum Gasteiger partial charge on any atom is 0.317 e. The summed E-state index contributed by atoms with van der Waals surface area (Å²) in [5.74, 6) is 1.10. The second kappa shape index (κ2) is 9.25. The molecule has 0 atom stereocenters. The van der Waals surface area contributed by atoms with Crippen LogP contribution >= 0.6 is 0 Å². The molecule has 7 heteroatoms. The average Bonchev–Trinajstić information content (AvgIpc) is 2.77. The Morgan fingerprint density at radius 1 is 1.24 bits per heavy atom. The van der Waals surface area contributed by atoms with Crippen LogP contribution < -0.4 is 10.2 Å². The number of pyridine rings is 1. The molecule has 1 aromatic rings. The van der Waals surface area contributed by atoms with E-state index in [1.165, 1.54) is 0 Å². The SMILES string of the molecule is CN(C)C(=O)CCCCCNC(=O)N1CCN(C)c2ncccc2C1. The summed E-state index contributed by atoms with van der Waals surface area (Å²) in [6.07, 6.45) is 5.05. The Morgan fingerprint density at radius 3 is 2.80 bits per heavy atom. The zero-order valence-electron chi connectivity index (χ0n) is 15.5. The predicted octanol–water partition coefficient (Wildman–Crippen LogP) is 1.69. The van der Waals surface area contributed by atoms with E-state index in [-0.39, 0.29) is 11.9 Å². The summed E-state index contributed by atoms with van der Waals surface area (Å²) in [6.45, 7) is 2.66. The number of amides is 3. The number of nitrogens with zero attached hydrogens (tertiary/aromatic N) is 4. The normalized spacial score (nSPS) is 13.9. The number of likely N-dealkylation sites (N-methyl/N-ethyl adjacent to an activating group) is 1. The number of hydrogen-bond acceptors (Lipinski definition) is 4. The van der Waals surface area contributed by atoms with E-state index in [1.54, 1.807) is 25.2 Å². The number of urea groups is 1. The number of hydrogen-bond donors (Lipinski definition) is 1. The summed E-state index contributed by atoms with van der Waals surface area (Å²) in [6, 6.07) is 3.89. The van der Waals surface area contributed by atoms with E-state index in [2.05, 4.69) is 15.2 Å². The minimum absolute atomic E-state index is 0.0329. The summed E-state index contributed by atoms with van der Waals surface area (Å²) in [5, 5.41) is 2.99. The molecule has 25 heavy (non-hydrogen) atoms. The van der Waals surface area contributed by atoms with Gasteiger partial charge in [0.2, 0.25) is 5.91 Å². The van der Waals surface area contributed by atoms with Gasteiger partial charge < -0.3 is 20.0 Å². The largest absolute Gasteiger partial charge is 0.358 e. The van der Waals surface area contributed by atoms with E-state index in [1.807, 2.05) is 24.1 Å². The maximum absolute atomic E-state index is 12.4. The summed E-state index contributed by atoms with van der Waals surface area (Å²) in [7, 11) is 5.55. The van der Waals surface area contributed by atoms with Crippen molar-refractivity contribution in [3.8, 4) is 0 Å². The lowest BCUT2D eigenvalue weighted by Gasteiger charge is -2.21. The molecule has 2 heterocycles. The van der Waals surface area contributed by atoms with Gasteiger partial charge in [-0.3, -0.25) is 4.79 Å². The molecule has 0 spiro atoms. The third-order valence-corrected chi connectivity index (χ3v) is 4.43. The molecule has 0 saturated carbocycles. The minimum Gasteiger partial charge on any atom is -0.358 e. The van der Waals surface area contributed by atoms with Crippen molar-refractivity contribution in [2.75, 3.05) is 45.7 Å². The van der Waals surface area contributed by atoms with Crippen LogP contribution in [0.25, 0.3) is 0 Å². The number of unbranched alkanes of at least 4 members (excludes halogenated alkanes) is 2. The molecule has 0 bridgehead atoms. The van der Waals surface area contributed by atoms with Crippen LogP contribution in [0.15, 0.2) is 18.3 Å². The van der Waals surface area contributed by atoms with Crippen molar-refractivity contribution in [2.45, 2.75) is 32.2 Å². The summed E-state index contributed by atoms with van der Waals surface area (Å²) in [5.41, 5.74) is 1.07. The fourth-order valence-corrected chi connectivity index (χ4v) is 2.84. The van der Waals surface area contributed by atoms with E-state index < -0.39 is 0 Å². The van der Waals surface area contributed by atoms with Crippen LogP contribution in [-0.4, -0.2) is 67.5 Å². The van der Waals surface area contributed by atoms with Crippen molar-refractivity contribution >= 4 is 17.8 Å². The molecule has 1 N–H and O–H groups in total. The summed E-state index contributed by atoms with van der Waals surface area (Å²) < 4.78 is 0. The Bertz CT molecular complexity index is 591. The lowest BCUT2D eigenvalue weighted by atomic mass is 10.2. The highest BCUT2D eigenvalue weighted by atomic mass is 16.2. The molecule has 2 rings (SSSR count). The van der Waals surface area contributed by atoms with Gasteiger partial charge in [-0.25, -0.2) is 9.78 Å². The average molecular weight is 347 g/mol. The van der Waals surface area contributed by atoms with E-state index in [0.717, 1.165) is 37.2 Å². The second-order valence-electron chi connectivity index (χ2n) is 6.66.